The van der Waals surface area contributed by atoms with Gasteiger partial charge in [-0.3, -0.25) is 4.79 Å². The number of methoxy groups -OCH3 is 2. The van der Waals surface area contributed by atoms with Crippen LogP contribution in [0.4, 0.5) is 5.69 Å². The van der Waals surface area contributed by atoms with Gasteiger partial charge < -0.3 is 24.3 Å². The molecule has 2 aromatic carbocycles. The molecule has 24 heavy (non-hydrogen) atoms. The molecule has 0 bridgehead atoms. The molecule has 0 aliphatic carbocycles. The largest absolute Gasteiger partial charge is 0.493 e. The average molecular weight is 329 g/mol. The number of ether oxygens (including phenoxy) is 4. The zero-order valence-corrected chi connectivity index (χ0v) is 13.8. The fourth-order valence-electron chi connectivity index (χ4n) is 2.48. The Morgan fingerprint density at radius 1 is 1.12 bits per heavy atom. The Bertz CT molecular complexity index is 759. The number of para-hydroxylation sites is 2. The van der Waals surface area contributed by atoms with Crippen LogP contribution < -0.4 is 24.3 Å². The van der Waals surface area contributed by atoms with E-state index in [0.717, 1.165) is 5.56 Å². The Balaban J connectivity index is 1.76. The minimum absolute atomic E-state index is 0.162. The standard InChI is InChI=1S/C18H19NO5/c1-11-8-15(21-2)16(22-3)9-12(11)19-18(20)17-10-23-13-6-4-5-7-14(13)24-17/h4-9,17H,10H2,1-3H3,(H,19,20). The molecule has 0 fully saturated rings. The zero-order valence-electron chi connectivity index (χ0n) is 13.8. The summed E-state index contributed by atoms with van der Waals surface area (Å²) in [5, 5.41) is 2.86. The minimum atomic E-state index is -0.715. The maximum absolute atomic E-state index is 12.5. The fourth-order valence-corrected chi connectivity index (χ4v) is 2.48. The molecule has 1 heterocycles. The molecule has 0 saturated heterocycles. The van der Waals surface area contributed by atoms with E-state index in [1.54, 1.807) is 26.4 Å². The van der Waals surface area contributed by atoms with Crippen molar-refractivity contribution in [2.24, 2.45) is 0 Å². The van der Waals surface area contributed by atoms with E-state index in [0.29, 0.717) is 28.7 Å². The molecule has 2 aromatic rings. The lowest BCUT2D eigenvalue weighted by Gasteiger charge is -2.26. The number of anilines is 1. The topological polar surface area (TPSA) is 66.0 Å². The number of carbonyl (C=O) groups is 1. The SMILES string of the molecule is COc1cc(C)c(NC(=O)C2COc3ccccc3O2)cc1OC. The summed E-state index contributed by atoms with van der Waals surface area (Å²) in [5.74, 6) is 2.08. The number of aryl methyl sites for hydroxylation is 1. The summed E-state index contributed by atoms with van der Waals surface area (Å²) in [5.41, 5.74) is 1.50. The van der Waals surface area contributed by atoms with Crippen LogP contribution in [0.1, 0.15) is 5.56 Å². The van der Waals surface area contributed by atoms with Crippen molar-refractivity contribution in [3.8, 4) is 23.0 Å². The van der Waals surface area contributed by atoms with Crippen molar-refractivity contribution in [3.63, 3.8) is 0 Å². The first-order valence-corrected chi connectivity index (χ1v) is 7.54. The lowest BCUT2D eigenvalue weighted by molar-refractivity contribution is -0.125. The number of amides is 1. The van der Waals surface area contributed by atoms with Gasteiger partial charge in [0.1, 0.15) is 6.61 Å². The van der Waals surface area contributed by atoms with Crippen molar-refractivity contribution in [2.75, 3.05) is 26.1 Å². The molecule has 1 unspecified atom stereocenters. The minimum Gasteiger partial charge on any atom is -0.493 e. The highest BCUT2D eigenvalue weighted by Crippen LogP contribution is 2.34. The van der Waals surface area contributed by atoms with E-state index in [1.165, 1.54) is 0 Å². The van der Waals surface area contributed by atoms with Gasteiger partial charge in [-0.2, -0.15) is 0 Å². The molecule has 6 heteroatoms. The summed E-state index contributed by atoms with van der Waals surface area (Å²) in [6.07, 6.45) is -0.715. The predicted molar refractivity (Wildman–Crippen MR) is 89.3 cm³/mol. The summed E-state index contributed by atoms with van der Waals surface area (Å²) in [4.78, 5) is 12.5. The number of fused-ring (bicyclic) bond motifs is 1. The monoisotopic (exact) mass is 329 g/mol. The molecule has 3 rings (SSSR count). The smallest absolute Gasteiger partial charge is 0.269 e. The highest BCUT2D eigenvalue weighted by Gasteiger charge is 2.27. The van der Waals surface area contributed by atoms with E-state index >= 15 is 0 Å². The molecule has 1 atom stereocenters. The molecule has 6 nitrogen and oxygen atoms in total. The van der Waals surface area contributed by atoms with Gasteiger partial charge in [-0.25, -0.2) is 0 Å². The first kappa shape index (κ1) is 16.0. The van der Waals surface area contributed by atoms with Crippen molar-refractivity contribution in [2.45, 2.75) is 13.0 Å². The second-order valence-corrected chi connectivity index (χ2v) is 5.38. The van der Waals surface area contributed by atoms with Gasteiger partial charge in [-0.05, 0) is 30.7 Å². The summed E-state index contributed by atoms with van der Waals surface area (Å²) in [7, 11) is 3.12. The van der Waals surface area contributed by atoms with Gasteiger partial charge in [0.2, 0.25) is 6.10 Å². The van der Waals surface area contributed by atoms with Gasteiger partial charge >= 0.3 is 0 Å². The van der Waals surface area contributed by atoms with Crippen LogP contribution in [0.25, 0.3) is 0 Å². The van der Waals surface area contributed by atoms with Crippen LogP contribution >= 0.6 is 0 Å². The molecule has 1 amide bonds. The maximum atomic E-state index is 12.5. The quantitative estimate of drug-likeness (QED) is 0.934. The lowest BCUT2D eigenvalue weighted by Crippen LogP contribution is -2.40. The van der Waals surface area contributed by atoms with Crippen LogP contribution in [0.2, 0.25) is 0 Å². The Hall–Kier alpha value is -2.89. The van der Waals surface area contributed by atoms with Crippen LogP contribution in [0.3, 0.4) is 0 Å². The number of nitrogens with one attached hydrogen (secondary N) is 1. The van der Waals surface area contributed by atoms with Crippen molar-refractivity contribution in [1.29, 1.82) is 0 Å². The second kappa shape index (κ2) is 6.70. The molecule has 0 saturated carbocycles. The number of rotatable bonds is 4. The Morgan fingerprint density at radius 3 is 2.50 bits per heavy atom. The van der Waals surface area contributed by atoms with Crippen molar-refractivity contribution < 1.29 is 23.7 Å². The molecule has 0 radical (unpaired) electrons. The average Bonchev–Trinajstić information content (AvgIpc) is 2.62. The number of carbonyl (C=O) groups excluding carboxylic acids is 1. The van der Waals surface area contributed by atoms with E-state index in [4.69, 9.17) is 18.9 Å². The number of benzene rings is 2. The Morgan fingerprint density at radius 2 is 1.79 bits per heavy atom. The van der Waals surface area contributed by atoms with E-state index in [1.807, 2.05) is 31.2 Å². The normalized spacial score (nSPS) is 15.5. The Labute approximate surface area is 140 Å². The zero-order chi connectivity index (χ0) is 17.1. The van der Waals surface area contributed by atoms with Gasteiger partial charge in [-0.15, -0.1) is 0 Å². The van der Waals surface area contributed by atoms with Gasteiger partial charge in [0.15, 0.2) is 23.0 Å². The van der Waals surface area contributed by atoms with E-state index in [2.05, 4.69) is 5.32 Å². The fraction of sp³-hybridized carbons (Fsp3) is 0.278. The second-order valence-electron chi connectivity index (χ2n) is 5.38. The Kier molecular flexibility index (Phi) is 4.46. The molecular formula is C18H19NO5. The summed E-state index contributed by atoms with van der Waals surface area (Å²) in [6.45, 7) is 2.04. The third-order valence-electron chi connectivity index (χ3n) is 3.79. The van der Waals surface area contributed by atoms with Crippen molar-refractivity contribution in [3.05, 3.63) is 42.0 Å². The van der Waals surface area contributed by atoms with Gasteiger partial charge in [0.25, 0.3) is 5.91 Å². The van der Waals surface area contributed by atoms with Crippen molar-refractivity contribution in [1.82, 2.24) is 0 Å². The van der Waals surface area contributed by atoms with Gasteiger partial charge in [0, 0.05) is 11.8 Å². The summed E-state index contributed by atoms with van der Waals surface area (Å²) < 4.78 is 21.8. The molecule has 0 spiro atoms. The van der Waals surface area contributed by atoms with Crippen LogP contribution in [-0.2, 0) is 4.79 Å². The van der Waals surface area contributed by atoms with E-state index in [-0.39, 0.29) is 12.5 Å². The molecule has 1 aliphatic heterocycles. The molecule has 126 valence electrons. The lowest BCUT2D eigenvalue weighted by atomic mass is 10.1. The third kappa shape index (κ3) is 3.08. The first-order chi connectivity index (χ1) is 11.6. The first-order valence-electron chi connectivity index (χ1n) is 7.54. The van der Waals surface area contributed by atoms with Gasteiger partial charge in [0.05, 0.1) is 14.2 Å². The van der Waals surface area contributed by atoms with E-state index in [9.17, 15) is 4.79 Å². The number of hydrogen-bond acceptors (Lipinski definition) is 5. The predicted octanol–water partition coefficient (Wildman–Crippen LogP) is 2.79. The highest BCUT2D eigenvalue weighted by molar-refractivity contribution is 5.95. The summed E-state index contributed by atoms with van der Waals surface area (Å²) in [6, 6.07) is 10.8. The van der Waals surface area contributed by atoms with Gasteiger partial charge in [-0.1, -0.05) is 12.1 Å². The van der Waals surface area contributed by atoms with Crippen LogP contribution in [0.15, 0.2) is 36.4 Å². The summed E-state index contributed by atoms with van der Waals surface area (Å²) >= 11 is 0. The third-order valence-corrected chi connectivity index (χ3v) is 3.79. The van der Waals surface area contributed by atoms with E-state index < -0.39 is 6.10 Å². The molecule has 1 N–H and O–H groups in total. The molecule has 0 aromatic heterocycles. The highest BCUT2D eigenvalue weighted by atomic mass is 16.6. The number of hydrogen-bond donors (Lipinski definition) is 1. The van der Waals surface area contributed by atoms with Crippen LogP contribution in [-0.4, -0.2) is 32.8 Å². The van der Waals surface area contributed by atoms with Crippen LogP contribution in [0.5, 0.6) is 23.0 Å². The maximum Gasteiger partial charge on any atom is 0.269 e. The van der Waals surface area contributed by atoms with Crippen LogP contribution in [0, 0.1) is 6.92 Å². The van der Waals surface area contributed by atoms with Crippen molar-refractivity contribution >= 4 is 11.6 Å². The molecular weight excluding hydrogens is 310 g/mol. The molecule has 1 aliphatic rings.